The first kappa shape index (κ1) is 16.9. The molecule has 2 aliphatic heterocycles. The molecule has 26 heavy (non-hydrogen) atoms. The largest absolute Gasteiger partial charge is 0.509 e. The number of nitrogens with one attached hydrogen (secondary N) is 1. The summed E-state index contributed by atoms with van der Waals surface area (Å²) in [6, 6.07) is 7.85. The number of hydrogen-bond donors (Lipinski definition) is 1. The number of para-hydroxylation sites is 1. The van der Waals surface area contributed by atoms with E-state index in [2.05, 4.69) is 11.1 Å². The summed E-state index contributed by atoms with van der Waals surface area (Å²) in [4.78, 5) is 30.0. The number of aromatic amines is 1. The molecule has 4 rings (SSSR count). The number of hydrogen-bond acceptors (Lipinski definition) is 4. The monoisotopic (exact) mass is 356 g/mol. The van der Waals surface area contributed by atoms with Gasteiger partial charge in [-0.1, -0.05) is 18.2 Å². The zero-order valence-corrected chi connectivity index (χ0v) is 15.4. The highest BCUT2D eigenvalue weighted by molar-refractivity contribution is 5.86. The third-order valence-electron chi connectivity index (χ3n) is 5.03. The van der Waals surface area contributed by atoms with Gasteiger partial charge in [0.25, 0.3) is 0 Å². The van der Waals surface area contributed by atoms with Gasteiger partial charge in [-0.25, -0.2) is 4.79 Å². The van der Waals surface area contributed by atoms with Gasteiger partial charge in [-0.2, -0.15) is 0 Å². The average Bonchev–Trinajstić information content (AvgIpc) is 2.94. The highest BCUT2D eigenvalue weighted by Crippen LogP contribution is 2.41. The van der Waals surface area contributed by atoms with Crippen molar-refractivity contribution < 1.29 is 19.1 Å². The second-order valence-corrected chi connectivity index (χ2v) is 8.00. The molecule has 138 valence electrons. The first-order chi connectivity index (χ1) is 12.3. The predicted molar refractivity (Wildman–Crippen MR) is 96.8 cm³/mol. The number of carbonyl (C=O) groups is 2. The third-order valence-corrected chi connectivity index (χ3v) is 5.03. The maximum atomic E-state index is 12.5. The van der Waals surface area contributed by atoms with E-state index in [9.17, 15) is 9.59 Å². The van der Waals surface area contributed by atoms with E-state index >= 15 is 0 Å². The Morgan fingerprint density at radius 3 is 2.77 bits per heavy atom. The predicted octanol–water partition coefficient (Wildman–Crippen LogP) is 3.71. The van der Waals surface area contributed by atoms with Crippen LogP contribution < -0.4 is 0 Å². The molecule has 6 heteroatoms. The second-order valence-electron chi connectivity index (χ2n) is 8.00. The maximum absolute atomic E-state index is 12.5. The van der Waals surface area contributed by atoms with Crippen molar-refractivity contribution in [2.45, 2.75) is 57.8 Å². The molecule has 0 radical (unpaired) electrons. The Morgan fingerprint density at radius 2 is 2.00 bits per heavy atom. The normalized spacial score (nSPS) is 22.7. The molecule has 2 aromatic rings. The average molecular weight is 356 g/mol. The highest BCUT2D eigenvalue weighted by atomic mass is 16.7. The number of fused-ring (bicyclic) bond motifs is 5. The molecule has 1 saturated heterocycles. The molecular formula is C20H24N2O4. The summed E-state index contributed by atoms with van der Waals surface area (Å²) in [6.07, 6.45) is 0.614. The van der Waals surface area contributed by atoms with Gasteiger partial charge in [-0.05, 0) is 45.2 Å². The molecule has 3 heterocycles. The molecule has 1 amide bonds. The van der Waals surface area contributed by atoms with E-state index < -0.39 is 17.9 Å². The van der Waals surface area contributed by atoms with Gasteiger partial charge in [0.1, 0.15) is 17.7 Å². The fourth-order valence-corrected chi connectivity index (χ4v) is 4.02. The van der Waals surface area contributed by atoms with Gasteiger partial charge >= 0.3 is 6.16 Å². The lowest BCUT2D eigenvalue weighted by Gasteiger charge is -2.43. The summed E-state index contributed by atoms with van der Waals surface area (Å²) in [7, 11) is 0. The van der Waals surface area contributed by atoms with Crippen LogP contribution in [0.5, 0.6) is 0 Å². The van der Waals surface area contributed by atoms with Crippen LogP contribution in [0.25, 0.3) is 10.9 Å². The van der Waals surface area contributed by atoms with Crippen LogP contribution in [0.15, 0.2) is 24.3 Å². The van der Waals surface area contributed by atoms with E-state index in [1.54, 1.807) is 20.8 Å². The molecule has 1 fully saturated rings. The van der Waals surface area contributed by atoms with E-state index in [1.807, 2.05) is 23.1 Å². The Bertz CT molecular complexity index is 864. The first-order valence-electron chi connectivity index (χ1n) is 9.12. The van der Waals surface area contributed by atoms with Crippen LogP contribution in [0.1, 0.15) is 50.9 Å². The van der Waals surface area contributed by atoms with Crippen molar-refractivity contribution in [3.8, 4) is 0 Å². The number of aromatic nitrogens is 1. The fraction of sp³-hybridized carbons (Fsp3) is 0.500. The van der Waals surface area contributed by atoms with Crippen molar-refractivity contribution in [1.82, 2.24) is 9.88 Å². The number of benzene rings is 1. The van der Waals surface area contributed by atoms with Gasteiger partial charge in [0, 0.05) is 29.6 Å². The number of ether oxygens (including phenoxy) is 2. The van der Waals surface area contributed by atoms with Gasteiger partial charge in [-0.15, -0.1) is 0 Å². The molecule has 2 aliphatic rings. The van der Waals surface area contributed by atoms with E-state index in [-0.39, 0.29) is 11.9 Å². The van der Waals surface area contributed by atoms with Crippen molar-refractivity contribution in [3.63, 3.8) is 0 Å². The summed E-state index contributed by atoms with van der Waals surface area (Å²) < 4.78 is 11.0. The lowest BCUT2D eigenvalue weighted by molar-refractivity contribution is -0.145. The molecule has 0 saturated carbocycles. The van der Waals surface area contributed by atoms with E-state index in [1.165, 1.54) is 10.9 Å². The van der Waals surface area contributed by atoms with Crippen molar-refractivity contribution in [2.75, 3.05) is 6.54 Å². The zero-order valence-electron chi connectivity index (χ0n) is 15.4. The Labute approximate surface area is 152 Å². The summed E-state index contributed by atoms with van der Waals surface area (Å²) in [5, 5.41) is 1.18. The van der Waals surface area contributed by atoms with Crippen LogP contribution in [-0.4, -0.2) is 40.2 Å². The number of amides is 1. The molecule has 0 unspecified atom stereocenters. The Kier molecular flexibility index (Phi) is 3.93. The van der Waals surface area contributed by atoms with Gasteiger partial charge in [0.15, 0.2) is 0 Å². The number of carbonyl (C=O) groups excluding carboxylic acids is 2. The van der Waals surface area contributed by atoms with Crippen LogP contribution in [0.3, 0.4) is 0 Å². The van der Waals surface area contributed by atoms with Gasteiger partial charge in [-0.3, -0.25) is 4.79 Å². The first-order valence-corrected chi connectivity index (χ1v) is 9.12. The molecule has 0 aliphatic carbocycles. The Morgan fingerprint density at radius 1 is 1.23 bits per heavy atom. The number of piperidine rings is 1. The van der Waals surface area contributed by atoms with Crippen LogP contribution in [0, 0.1) is 0 Å². The molecule has 1 aromatic heterocycles. The number of nitrogens with zero attached hydrogens (tertiary/aromatic N) is 1. The van der Waals surface area contributed by atoms with Crippen LogP contribution in [0.2, 0.25) is 0 Å². The standard InChI is InChI=1S/C20H24N2O4/c1-20(2,3)26-19(24)25-15-8-9-16(23)22-11-10-13-12-6-4-5-7-14(12)21-17(13)18(15)22/h4-7,15,18,21H,8-11H2,1-3H3/t15-,18-/m0/s1. The molecule has 0 bridgehead atoms. The van der Waals surface area contributed by atoms with Gasteiger partial charge < -0.3 is 19.4 Å². The Hall–Kier alpha value is -2.50. The Balaban J connectivity index is 1.68. The molecular weight excluding hydrogens is 332 g/mol. The van der Waals surface area contributed by atoms with Crippen molar-refractivity contribution in [3.05, 3.63) is 35.5 Å². The summed E-state index contributed by atoms with van der Waals surface area (Å²) in [5.41, 5.74) is 2.64. The molecule has 2 atom stereocenters. The van der Waals surface area contributed by atoms with Crippen LogP contribution in [0.4, 0.5) is 4.79 Å². The molecule has 1 aromatic carbocycles. The molecule has 0 spiro atoms. The topological polar surface area (TPSA) is 71.6 Å². The van der Waals surface area contributed by atoms with Crippen molar-refractivity contribution in [1.29, 1.82) is 0 Å². The quantitative estimate of drug-likeness (QED) is 0.791. The minimum Gasteiger partial charge on any atom is -0.429 e. The van der Waals surface area contributed by atoms with Crippen molar-refractivity contribution in [2.24, 2.45) is 0 Å². The summed E-state index contributed by atoms with van der Waals surface area (Å²) in [5.74, 6) is 0.114. The lowest BCUT2D eigenvalue weighted by atomic mass is 9.88. The minimum absolute atomic E-state index is 0.114. The molecule has 1 N–H and O–H groups in total. The SMILES string of the molecule is CC(C)(C)OC(=O)O[C@H]1CCC(=O)N2CCc3c([nH]c4ccccc34)[C@H]12. The maximum Gasteiger partial charge on any atom is 0.509 e. The summed E-state index contributed by atoms with van der Waals surface area (Å²) >= 11 is 0. The highest BCUT2D eigenvalue weighted by Gasteiger charge is 2.44. The van der Waals surface area contributed by atoms with Crippen LogP contribution >= 0.6 is 0 Å². The number of H-pyrrole nitrogens is 1. The molecule has 6 nitrogen and oxygen atoms in total. The van der Waals surface area contributed by atoms with E-state index in [0.29, 0.717) is 19.4 Å². The lowest BCUT2D eigenvalue weighted by Crippen LogP contribution is -2.50. The second kappa shape index (κ2) is 6.04. The van der Waals surface area contributed by atoms with E-state index in [0.717, 1.165) is 17.6 Å². The fourth-order valence-electron chi connectivity index (χ4n) is 4.02. The number of rotatable bonds is 1. The zero-order chi connectivity index (χ0) is 18.5. The van der Waals surface area contributed by atoms with Gasteiger partial charge in [0.2, 0.25) is 5.91 Å². The smallest absolute Gasteiger partial charge is 0.429 e. The van der Waals surface area contributed by atoms with Crippen LogP contribution in [-0.2, 0) is 20.7 Å². The van der Waals surface area contributed by atoms with Gasteiger partial charge in [0.05, 0.1) is 0 Å². The third kappa shape index (κ3) is 2.93. The minimum atomic E-state index is -0.681. The van der Waals surface area contributed by atoms with Crippen molar-refractivity contribution >= 4 is 23.0 Å². The van der Waals surface area contributed by atoms with E-state index in [4.69, 9.17) is 9.47 Å². The summed E-state index contributed by atoms with van der Waals surface area (Å²) in [6.45, 7) is 6.07.